The van der Waals surface area contributed by atoms with Gasteiger partial charge in [-0.3, -0.25) is 4.79 Å². The van der Waals surface area contributed by atoms with Gasteiger partial charge in [-0.15, -0.1) is 0 Å². The predicted molar refractivity (Wildman–Crippen MR) is 116 cm³/mol. The zero-order valence-corrected chi connectivity index (χ0v) is 17.2. The monoisotopic (exact) mass is 401 g/mol. The maximum Gasteiger partial charge on any atom is 0.260 e. The van der Waals surface area contributed by atoms with Crippen LogP contribution >= 0.6 is 0 Å². The molecule has 0 bridgehead atoms. The van der Waals surface area contributed by atoms with Gasteiger partial charge in [0.25, 0.3) is 5.56 Å². The van der Waals surface area contributed by atoms with E-state index in [2.05, 4.69) is 37.2 Å². The highest BCUT2D eigenvalue weighted by Gasteiger charge is 2.13. The second kappa shape index (κ2) is 8.36. The number of hydrogen-bond donors (Lipinski definition) is 1. The Morgan fingerprint density at radius 1 is 1.10 bits per heavy atom. The Morgan fingerprint density at radius 3 is 2.70 bits per heavy atom. The molecule has 0 aliphatic heterocycles. The predicted octanol–water partition coefficient (Wildman–Crippen LogP) is 3.09. The summed E-state index contributed by atoms with van der Waals surface area (Å²) in [6.07, 6.45) is 7.49. The lowest BCUT2D eigenvalue weighted by molar-refractivity contribution is 0.707. The number of rotatable bonds is 6. The highest BCUT2D eigenvalue weighted by molar-refractivity contribution is 5.81. The molecule has 1 atom stereocenters. The van der Waals surface area contributed by atoms with Gasteiger partial charge in [-0.1, -0.05) is 19.1 Å². The minimum atomic E-state index is -0.0271. The van der Waals surface area contributed by atoms with Crippen molar-refractivity contribution in [3.05, 3.63) is 71.1 Å². The number of benzene rings is 1. The molecule has 8 nitrogen and oxygen atoms in total. The summed E-state index contributed by atoms with van der Waals surface area (Å²) in [6, 6.07) is 7.68. The van der Waals surface area contributed by atoms with Crippen molar-refractivity contribution in [1.29, 1.82) is 0 Å². The molecule has 30 heavy (non-hydrogen) atoms. The van der Waals surface area contributed by atoms with E-state index < -0.39 is 0 Å². The smallest absolute Gasteiger partial charge is 0.260 e. The summed E-state index contributed by atoms with van der Waals surface area (Å²) in [5.41, 5.74) is 3.45. The molecular formula is C22H23N7O. The maximum atomic E-state index is 12.4. The van der Waals surface area contributed by atoms with Crippen LogP contribution in [-0.4, -0.2) is 36.0 Å². The van der Waals surface area contributed by atoms with E-state index in [9.17, 15) is 4.79 Å². The van der Waals surface area contributed by atoms with E-state index in [0.717, 1.165) is 46.9 Å². The SMILES string of the molecule is Cc1ncc(-c2cc(NCCC(C)c3cccc4c(=O)n(C)cnc34)ncn2)cn1. The lowest BCUT2D eigenvalue weighted by Gasteiger charge is -2.15. The van der Waals surface area contributed by atoms with Crippen molar-refractivity contribution in [3.8, 4) is 11.3 Å². The van der Waals surface area contributed by atoms with Crippen LogP contribution in [-0.2, 0) is 7.05 Å². The van der Waals surface area contributed by atoms with Gasteiger partial charge in [-0.2, -0.15) is 0 Å². The maximum absolute atomic E-state index is 12.4. The van der Waals surface area contributed by atoms with E-state index in [1.54, 1.807) is 25.8 Å². The Labute approximate surface area is 174 Å². The Kier molecular flexibility index (Phi) is 5.47. The average Bonchev–Trinajstić information content (AvgIpc) is 2.76. The molecule has 1 aromatic carbocycles. The van der Waals surface area contributed by atoms with Crippen molar-refractivity contribution < 1.29 is 0 Å². The number of para-hydroxylation sites is 1. The van der Waals surface area contributed by atoms with E-state index in [1.807, 2.05) is 31.2 Å². The molecule has 0 spiro atoms. The molecule has 0 saturated heterocycles. The normalized spacial score (nSPS) is 12.1. The van der Waals surface area contributed by atoms with Crippen LogP contribution < -0.4 is 10.9 Å². The van der Waals surface area contributed by atoms with Crippen LogP contribution in [0.3, 0.4) is 0 Å². The highest BCUT2D eigenvalue weighted by Crippen LogP contribution is 2.25. The van der Waals surface area contributed by atoms with Crippen LogP contribution in [0.2, 0.25) is 0 Å². The fourth-order valence-corrected chi connectivity index (χ4v) is 3.37. The van der Waals surface area contributed by atoms with Gasteiger partial charge >= 0.3 is 0 Å². The Morgan fingerprint density at radius 2 is 1.90 bits per heavy atom. The van der Waals surface area contributed by atoms with Gasteiger partial charge in [-0.05, 0) is 30.9 Å². The van der Waals surface area contributed by atoms with Crippen molar-refractivity contribution in [1.82, 2.24) is 29.5 Å². The third-order valence-electron chi connectivity index (χ3n) is 5.14. The Bertz CT molecular complexity index is 1230. The first-order valence-corrected chi connectivity index (χ1v) is 9.82. The lowest BCUT2D eigenvalue weighted by Crippen LogP contribution is -2.18. The van der Waals surface area contributed by atoms with Gasteiger partial charge in [0.05, 0.1) is 22.9 Å². The standard InChI is InChI=1S/C22H23N7O/c1-14(17-5-4-6-18-21(17)28-13-29(3)22(18)30)7-8-23-20-9-19(26-12-27-20)16-10-24-15(2)25-11-16/h4-6,9-14H,7-8H2,1-3H3,(H,23,26,27). The van der Waals surface area contributed by atoms with Gasteiger partial charge in [0.15, 0.2) is 0 Å². The molecule has 0 saturated carbocycles. The van der Waals surface area contributed by atoms with Crippen molar-refractivity contribution in [2.24, 2.45) is 7.05 Å². The Balaban J connectivity index is 1.46. The molecule has 8 heteroatoms. The zero-order valence-electron chi connectivity index (χ0n) is 17.2. The molecule has 0 aliphatic carbocycles. The summed E-state index contributed by atoms with van der Waals surface area (Å²) in [5, 5.41) is 4.01. The minimum Gasteiger partial charge on any atom is -0.370 e. The Hall–Kier alpha value is -3.68. The van der Waals surface area contributed by atoms with E-state index >= 15 is 0 Å². The van der Waals surface area contributed by atoms with Crippen LogP contribution in [0, 0.1) is 6.92 Å². The average molecular weight is 401 g/mol. The molecule has 4 aromatic rings. The fraction of sp³-hybridized carbons (Fsp3) is 0.273. The van der Waals surface area contributed by atoms with Crippen LogP contribution in [0.5, 0.6) is 0 Å². The van der Waals surface area contributed by atoms with Crippen molar-refractivity contribution in [3.63, 3.8) is 0 Å². The molecule has 0 amide bonds. The van der Waals surface area contributed by atoms with Crippen molar-refractivity contribution >= 4 is 16.7 Å². The summed E-state index contributed by atoms with van der Waals surface area (Å²) in [7, 11) is 1.72. The molecule has 1 N–H and O–H groups in total. The largest absolute Gasteiger partial charge is 0.370 e. The van der Waals surface area contributed by atoms with Gasteiger partial charge in [0, 0.05) is 37.6 Å². The summed E-state index contributed by atoms with van der Waals surface area (Å²) < 4.78 is 1.50. The molecule has 4 rings (SSSR count). The van der Waals surface area contributed by atoms with E-state index in [4.69, 9.17) is 0 Å². The summed E-state index contributed by atoms with van der Waals surface area (Å²) in [4.78, 5) is 33.9. The third-order valence-corrected chi connectivity index (χ3v) is 5.14. The first-order chi connectivity index (χ1) is 14.5. The number of nitrogens with zero attached hydrogens (tertiary/aromatic N) is 6. The number of fused-ring (bicyclic) bond motifs is 1. The topological polar surface area (TPSA) is 98.5 Å². The van der Waals surface area contributed by atoms with Gasteiger partial charge in [0.1, 0.15) is 18.0 Å². The fourth-order valence-electron chi connectivity index (χ4n) is 3.37. The molecule has 1 unspecified atom stereocenters. The highest BCUT2D eigenvalue weighted by atomic mass is 16.1. The second-order valence-corrected chi connectivity index (χ2v) is 7.33. The molecule has 3 heterocycles. The summed E-state index contributed by atoms with van der Waals surface area (Å²) in [5.74, 6) is 1.70. The quantitative estimate of drug-likeness (QED) is 0.530. The van der Waals surface area contributed by atoms with E-state index in [0.29, 0.717) is 5.39 Å². The van der Waals surface area contributed by atoms with Crippen LogP contribution in [0.15, 0.2) is 54.1 Å². The molecule has 0 fully saturated rings. The molecule has 152 valence electrons. The third kappa shape index (κ3) is 4.03. The van der Waals surface area contributed by atoms with E-state index in [-0.39, 0.29) is 11.5 Å². The lowest BCUT2D eigenvalue weighted by atomic mass is 9.95. The number of aromatic nitrogens is 6. The molecule has 0 radical (unpaired) electrons. The second-order valence-electron chi connectivity index (χ2n) is 7.33. The van der Waals surface area contributed by atoms with Gasteiger partial charge < -0.3 is 9.88 Å². The summed E-state index contributed by atoms with van der Waals surface area (Å²) in [6.45, 7) is 4.72. The van der Waals surface area contributed by atoms with Crippen molar-refractivity contribution in [2.45, 2.75) is 26.2 Å². The first-order valence-electron chi connectivity index (χ1n) is 9.82. The molecular weight excluding hydrogens is 378 g/mol. The van der Waals surface area contributed by atoms with Gasteiger partial charge in [0.2, 0.25) is 0 Å². The van der Waals surface area contributed by atoms with Crippen molar-refractivity contribution in [2.75, 3.05) is 11.9 Å². The van der Waals surface area contributed by atoms with Crippen LogP contribution in [0.1, 0.15) is 30.7 Å². The van der Waals surface area contributed by atoms with Crippen LogP contribution in [0.4, 0.5) is 5.82 Å². The number of anilines is 1. The van der Waals surface area contributed by atoms with Crippen LogP contribution in [0.25, 0.3) is 22.2 Å². The number of aryl methyl sites for hydroxylation is 2. The molecule has 0 aliphatic rings. The first kappa shape index (κ1) is 19.6. The zero-order chi connectivity index (χ0) is 21.1. The number of hydrogen-bond acceptors (Lipinski definition) is 7. The summed E-state index contributed by atoms with van der Waals surface area (Å²) >= 11 is 0. The number of nitrogens with one attached hydrogen (secondary N) is 1. The van der Waals surface area contributed by atoms with E-state index in [1.165, 1.54) is 10.9 Å². The molecule has 3 aromatic heterocycles. The minimum absolute atomic E-state index is 0.0271. The van der Waals surface area contributed by atoms with Gasteiger partial charge in [-0.25, -0.2) is 24.9 Å².